The fourth-order valence-electron chi connectivity index (χ4n) is 0.790. The molecule has 0 unspecified atom stereocenters. The molecule has 0 bridgehead atoms. The van der Waals surface area contributed by atoms with Gasteiger partial charge in [0.1, 0.15) is 0 Å². The predicted molar refractivity (Wildman–Crippen MR) is 59.0 cm³/mol. The molecule has 0 aliphatic heterocycles. The smallest absolute Gasteiger partial charge is 0.0522 e. The molecule has 0 aliphatic carbocycles. The van der Waals surface area contributed by atoms with Crippen LogP contribution in [0.2, 0.25) is 0 Å². The lowest BCUT2D eigenvalue weighted by molar-refractivity contribution is -0.00123. The lowest BCUT2D eigenvalue weighted by Gasteiger charge is -2.38. The minimum absolute atomic E-state index is 0.265. The van der Waals surface area contributed by atoms with Gasteiger partial charge in [0.05, 0.1) is 6.61 Å². The summed E-state index contributed by atoms with van der Waals surface area (Å²) in [5, 5.41) is 0. The number of ether oxygens (including phenoxy) is 1. The Morgan fingerprint density at radius 1 is 1.00 bits per heavy atom. The van der Waals surface area contributed by atoms with Crippen LogP contribution in [0.25, 0.3) is 0 Å². The molecule has 0 radical (unpaired) electrons. The molecule has 0 atom stereocenters. The van der Waals surface area contributed by atoms with Gasteiger partial charge < -0.3 is 4.74 Å². The number of rotatable bonds is 5. The number of hydrogen-bond donors (Lipinski definition) is 0. The number of unbranched alkanes of at least 4 members (excludes halogenated alkanes) is 1. The highest BCUT2D eigenvalue weighted by Crippen LogP contribution is 2.37. The summed E-state index contributed by atoms with van der Waals surface area (Å²) in [6.07, 6.45) is 2.40. The summed E-state index contributed by atoms with van der Waals surface area (Å²) in [6, 6.07) is 0. The second-order valence-electron chi connectivity index (χ2n) is 5.54. The van der Waals surface area contributed by atoms with Crippen molar-refractivity contribution in [2.24, 2.45) is 10.8 Å². The first kappa shape index (κ1) is 13.0. The highest BCUT2D eigenvalue weighted by molar-refractivity contribution is 4.81. The minimum Gasteiger partial charge on any atom is -0.381 e. The van der Waals surface area contributed by atoms with Gasteiger partial charge in [0, 0.05) is 6.61 Å². The first-order valence-electron chi connectivity index (χ1n) is 5.39. The average Bonchev–Trinajstić information content (AvgIpc) is 1.96. The Labute approximate surface area is 83.9 Å². The zero-order valence-electron chi connectivity index (χ0n) is 10.2. The summed E-state index contributed by atoms with van der Waals surface area (Å²) < 4.78 is 5.67. The van der Waals surface area contributed by atoms with E-state index in [4.69, 9.17) is 4.74 Å². The molecule has 0 N–H and O–H groups in total. The van der Waals surface area contributed by atoms with Gasteiger partial charge in [-0.05, 0) is 17.3 Å². The third-order valence-electron chi connectivity index (χ3n) is 3.14. The minimum atomic E-state index is 0.265. The monoisotopic (exact) mass is 186 g/mol. The van der Waals surface area contributed by atoms with Crippen LogP contribution in [-0.2, 0) is 4.74 Å². The fourth-order valence-corrected chi connectivity index (χ4v) is 0.790. The van der Waals surface area contributed by atoms with Crippen molar-refractivity contribution in [1.82, 2.24) is 0 Å². The van der Waals surface area contributed by atoms with Crippen molar-refractivity contribution in [2.45, 2.75) is 54.4 Å². The average molecular weight is 186 g/mol. The summed E-state index contributed by atoms with van der Waals surface area (Å²) in [6.45, 7) is 15.4. The summed E-state index contributed by atoms with van der Waals surface area (Å²) in [7, 11) is 0. The molecule has 13 heavy (non-hydrogen) atoms. The third-order valence-corrected chi connectivity index (χ3v) is 3.14. The molecule has 0 amide bonds. The van der Waals surface area contributed by atoms with Crippen LogP contribution < -0.4 is 0 Å². The quantitative estimate of drug-likeness (QED) is 0.592. The van der Waals surface area contributed by atoms with E-state index in [9.17, 15) is 0 Å². The summed E-state index contributed by atoms with van der Waals surface area (Å²) in [5.41, 5.74) is 0.583. The Balaban J connectivity index is 3.77. The van der Waals surface area contributed by atoms with Gasteiger partial charge in [-0.3, -0.25) is 0 Å². The molecule has 0 aliphatic rings. The van der Waals surface area contributed by atoms with Gasteiger partial charge >= 0.3 is 0 Å². The first-order chi connectivity index (χ1) is 5.81. The molecule has 0 aromatic carbocycles. The molecule has 1 nitrogen and oxygen atoms in total. The molecule has 1 heteroatoms. The molecular weight excluding hydrogens is 160 g/mol. The molecule has 80 valence electrons. The van der Waals surface area contributed by atoms with Crippen molar-refractivity contribution in [3.05, 3.63) is 0 Å². The molecule has 0 heterocycles. The van der Waals surface area contributed by atoms with Gasteiger partial charge in [-0.25, -0.2) is 0 Å². The van der Waals surface area contributed by atoms with E-state index in [1.165, 1.54) is 12.8 Å². The van der Waals surface area contributed by atoms with Crippen molar-refractivity contribution in [1.29, 1.82) is 0 Å². The predicted octanol–water partition coefficient (Wildman–Crippen LogP) is 3.88. The third kappa shape index (κ3) is 4.66. The molecule has 0 saturated heterocycles. The van der Waals surface area contributed by atoms with E-state index in [2.05, 4.69) is 41.5 Å². The normalized spacial score (nSPS) is 13.4. The Bertz CT molecular complexity index is 131. The van der Waals surface area contributed by atoms with Crippen molar-refractivity contribution in [2.75, 3.05) is 13.2 Å². The lowest BCUT2D eigenvalue weighted by Crippen LogP contribution is -2.34. The maximum atomic E-state index is 5.67. The Kier molecular flexibility index (Phi) is 4.98. The topological polar surface area (TPSA) is 9.23 Å². The second-order valence-corrected chi connectivity index (χ2v) is 5.54. The first-order valence-corrected chi connectivity index (χ1v) is 5.39. The fraction of sp³-hybridized carbons (Fsp3) is 1.00. The molecule has 0 rings (SSSR count). The standard InChI is InChI=1S/C12H26O/c1-7-8-9-13-10-12(5,6)11(2,3)4/h7-10H2,1-6H3. The van der Waals surface area contributed by atoms with Crippen LogP contribution >= 0.6 is 0 Å². The van der Waals surface area contributed by atoms with E-state index in [0.717, 1.165) is 13.2 Å². The molecular formula is C12H26O. The molecule has 0 spiro atoms. The zero-order chi connectivity index (χ0) is 10.5. The van der Waals surface area contributed by atoms with Crippen molar-refractivity contribution < 1.29 is 4.74 Å². The largest absolute Gasteiger partial charge is 0.381 e. The zero-order valence-corrected chi connectivity index (χ0v) is 10.2. The second kappa shape index (κ2) is 4.99. The highest BCUT2D eigenvalue weighted by atomic mass is 16.5. The summed E-state index contributed by atoms with van der Waals surface area (Å²) in [4.78, 5) is 0. The number of hydrogen-bond acceptors (Lipinski definition) is 1. The Morgan fingerprint density at radius 3 is 1.92 bits per heavy atom. The van der Waals surface area contributed by atoms with Crippen LogP contribution in [0.3, 0.4) is 0 Å². The SMILES string of the molecule is CCCCOCC(C)(C)C(C)(C)C. The van der Waals surface area contributed by atoms with Gasteiger partial charge in [0.15, 0.2) is 0 Å². The van der Waals surface area contributed by atoms with Gasteiger partial charge in [0.2, 0.25) is 0 Å². The van der Waals surface area contributed by atoms with Crippen molar-refractivity contribution in [3.63, 3.8) is 0 Å². The molecule has 0 aromatic rings. The molecule has 0 aromatic heterocycles. The maximum absolute atomic E-state index is 5.67. The van der Waals surface area contributed by atoms with E-state index < -0.39 is 0 Å². The Morgan fingerprint density at radius 2 is 1.54 bits per heavy atom. The van der Waals surface area contributed by atoms with Crippen LogP contribution in [0.4, 0.5) is 0 Å². The van der Waals surface area contributed by atoms with Crippen LogP contribution in [0.5, 0.6) is 0 Å². The van der Waals surface area contributed by atoms with Crippen molar-refractivity contribution in [3.8, 4) is 0 Å². The van der Waals surface area contributed by atoms with Crippen LogP contribution in [-0.4, -0.2) is 13.2 Å². The van der Waals surface area contributed by atoms with Gasteiger partial charge in [0.25, 0.3) is 0 Å². The summed E-state index contributed by atoms with van der Waals surface area (Å²) in [5.74, 6) is 0. The van der Waals surface area contributed by atoms with E-state index in [-0.39, 0.29) is 5.41 Å². The van der Waals surface area contributed by atoms with E-state index >= 15 is 0 Å². The van der Waals surface area contributed by atoms with Gasteiger partial charge in [-0.1, -0.05) is 48.0 Å². The molecule has 0 fully saturated rings. The van der Waals surface area contributed by atoms with Crippen LogP contribution in [0.1, 0.15) is 54.4 Å². The van der Waals surface area contributed by atoms with Crippen molar-refractivity contribution >= 4 is 0 Å². The summed E-state index contributed by atoms with van der Waals surface area (Å²) >= 11 is 0. The maximum Gasteiger partial charge on any atom is 0.0522 e. The highest BCUT2D eigenvalue weighted by Gasteiger charge is 2.32. The lowest BCUT2D eigenvalue weighted by atomic mass is 9.70. The Hall–Kier alpha value is -0.0400. The van der Waals surface area contributed by atoms with E-state index in [0.29, 0.717) is 5.41 Å². The van der Waals surface area contributed by atoms with E-state index in [1.54, 1.807) is 0 Å². The van der Waals surface area contributed by atoms with Gasteiger partial charge in [-0.2, -0.15) is 0 Å². The van der Waals surface area contributed by atoms with Crippen LogP contribution in [0, 0.1) is 10.8 Å². The van der Waals surface area contributed by atoms with E-state index in [1.807, 2.05) is 0 Å². The van der Waals surface area contributed by atoms with Gasteiger partial charge in [-0.15, -0.1) is 0 Å². The molecule has 0 saturated carbocycles. The van der Waals surface area contributed by atoms with Crippen LogP contribution in [0.15, 0.2) is 0 Å².